The monoisotopic (exact) mass is 537 g/mol. The molecule has 0 atom stereocenters. The minimum absolute atomic E-state index is 0.212. The molecule has 0 saturated carbocycles. The fourth-order valence-corrected chi connectivity index (χ4v) is 5.11. The molecule has 2 fully saturated rings. The number of nitrogens with zero attached hydrogens (tertiary/aromatic N) is 2. The summed E-state index contributed by atoms with van der Waals surface area (Å²) in [6, 6.07) is 10.8. The first-order valence-corrected chi connectivity index (χ1v) is 13.4. The Hall–Kier alpha value is -3.79. The molecule has 0 spiro atoms. The van der Waals surface area contributed by atoms with E-state index in [1.807, 2.05) is 39.0 Å². The van der Waals surface area contributed by atoms with Crippen molar-refractivity contribution in [2.24, 2.45) is 0 Å². The molecule has 4 rings (SSSR count). The Kier molecular flexibility index (Phi) is 8.73. The number of thioether (sulfide) groups is 1. The number of carbonyl (C=O) groups excluding carboxylic acids is 4. The Bertz CT molecular complexity index is 1290. The smallest absolute Gasteiger partial charge is 0.294 e. The molecular formula is C28H31N3O6S. The molecule has 1 N–H and O–H groups in total. The molecule has 9 nitrogen and oxygen atoms in total. The highest BCUT2D eigenvalue weighted by Gasteiger charge is 2.37. The van der Waals surface area contributed by atoms with Crippen molar-refractivity contribution < 1.29 is 28.7 Å². The molecular weight excluding hydrogens is 506 g/mol. The van der Waals surface area contributed by atoms with Crippen LogP contribution in [0.25, 0.3) is 6.08 Å². The summed E-state index contributed by atoms with van der Waals surface area (Å²) in [5, 5.41) is 2.38. The van der Waals surface area contributed by atoms with Gasteiger partial charge < -0.3 is 19.7 Å². The minimum Gasteiger partial charge on any atom is -0.490 e. The number of ether oxygens (including phenoxy) is 2. The highest BCUT2D eigenvalue weighted by molar-refractivity contribution is 8.18. The van der Waals surface area contributed by atoms with E-state index >= 15 is 0 Å². The van der Waals surface area contributed by atoms with Gasteiger partial charge in [-0.1, -0.05) is 23.8 Å². The SMILES string of the molecule is CCOc1cc(/C=C2\SC(=O)N(CC(=O)N3CCCC3)C2=O)ccc1OCC(=O)Nc1ccc(C)cc1C. The molecule has 0 unspecified atom stereocenters. The molecule has 2 aromatic rings. The van der Waals surface area contributed by atoms with Crippen LogP contribution in [0.1, 0.15) is 36.5 Å². The molecule has 0 aliphatic carbocycles. The first-order valence-electron chi connectivity index (χ1n) is 12.5. The number of nitrogens with one attached hydrogen (secondary N) is 1. The standard InChI is InChI=1S/C28H31N3O6S/c1-4-36-23-14-20(8-10-22(23)37-17-25(32)29-21-9-7-18(2)13-19(21)3)15-24-27(34)31(28(35)38-24)16-26(33)30-11-5-6-12-30/h7-10,13-15H,4-6,11-12,16-17H2,1-3H3,(H,29,32)/b24-15-. The summed E-state index contributed by atoms with van der Waals surface area (Å²) >= 11 is 0.804. The van der Waals surface area contributed by atoms with E-state index in [9.17, 15) is 19.2 Å². The predicted molar refractivity (Wildman–Crippen MR) is 146 cm³/mol. The van der Waals surface area contributed by atoms with Crippen LogP contribution < -0.4 is 14.8 Å². The van der Waals surface area contributed by atoms with E-state index < -0.39 is 11.1 Å². The van der Waals surface area contributed by atoms with E-state index in [0.717, 1.165) is 46.3 Å². The number of carbonyl (C=O) groups is 4. The molecule has 0 aromatic heterocycles. The van der Waals surface area contributed by atoms with Gasteiger partial charge in [0.05, 0.1) is 11.5 Å². The van der Waals surface area contributed by atoms with E-state index in [1.165, 1.54) is 0 Å². The lowest BCUT2D eigenvalue weighted by atomic mass is 10.1. The number of likely N-dealkylation sites (tertiary alicyclic amines) is 1. The van der Waals surface area contributed by atoms with Crippen LogP contribution in [-0.4, -0.2) is 65.6 Å². The lowest BCUT2D eigenvalue weighted by molar-refractivity contribution is -0.135. The largest absolute Gasteiger partial charge is 0.490 e. The second kappa shape index (κ2) is 12.2. The van der Waals surface area contributed by atoms with Crippen LogP contribution in [-0.2, 0) is 14.4 Å². The summed E-state index contributed by atoms with van der Waals surface area (Å²) in [5.74, 6) is -0.226. The third kappa shape index (κ3) is 6.55. The first-order chi connectivity index (χ1) is 18.2. The first kappa shape index (κ1) is 27.3. The van der Waals surface area contributed by atoms with E-state index in [0.29, 0.717) is 36.8 Å². The molecule has 10 heteroatoms. The van der Waals surface area contributed by atoms with Crippen LogP contribution in [0.15, 0.2) is 41.3 Å². The zero-order chi connectivity index (χ0) is 27.2. The van der Waals surface area contributed by atoms with Crippen molar-refractivity contribution in [1.29, 1.82) is 0 Å². The molecule has 2 aliphatic rings. The molecule has 0 bridgehead atoms. The van der Waals surface area contributed by atoms with Crippen LogP contribution in [0, 0.1) is 13.8 Å². The van der Waals surface area contributed by atoms with Gasteiger partial charge in [0.1, 0.15) is 6.54 Å². The third-order valence-electron chi connectivity index (χ3n) is 6.21. The van der Waals surface area contributed by atoms with Crippen molar-refractivity contribution in [1.82, 2.24) is 9.80 Å². The lowest BCUT2D eigenvalue weighted by Gasteiger charge is -2.18. The Labute approximate surface area is 226 Å². The van der Waals surface area contributed by atoms with Crippen molar-refractivity contribution in [2.75, 3.05) is 38.2 Å². The van der Waals surface area contributed by atoms with Crippen LogP contribution in [0.5, 0.6) is 11.5 Å². The number of aryl methyl sites for hydroxylation is 2. The van der Waals surface area contributed by atoms with Gasteiger partial charge in [-0.3, -0.25) is 24.1 Å². The second-order valence-corrected chi connectivity index (χ2v) is 10.1. The number of rotatable bonds is 9. The molecule has 2 heterocycles. The van der Waals surface area contributed by atoms with Crippen LogP contribution in [0.3, 0.4) is 0 Å². The molecule has 38 heavy (non-hydrogen) atoms. The zero-order valence-electron chi connectivity index (χ0n) is 21.7. The Morgan fingerprint density at radius 1 is 1.03 bits per heavy atom. The van der Waals surface area contributed by atoms with Crippen molar-refractivity contribution in [3.8, 4) is 11.5 Å². The topological polar surface area (TPSA) is 105 Å². The van der Waals surface area contributed by atoms with E-state index in [-0.39, 0.29) is 29.9 Å². The van der Waals surface area contributed by atoms with Gasteiger partial charge in [-0.15, -0.1) is 0 Å². The van der Waals surface area contributed by atoms with Gasteiger partial charge in [-0.05, 0) is 80.8 Å². The van der Waals surface area contributed by atoms with E-state index in [2.05, 4.69) is 5.32 Å². The fourth-order valence-electron chi connectivity index (χ4n) is 4.27. The molecule has 2 aliphatic heterocycles. The van der Waals surface area contributed by atoms with Crippen molar-refractivity contribution in [2.45, 2.75) is 33.6 Å². The molecule has 200 valence electrons. The average molecular weight is 538 g/mol. The predicted octanol–water partition coefficient (Wildman–Crippen LogP) is 4.38. The lowest BCUT2D eigenvalue weighted by Crippen LogP contribution is -2.40. The summed E-state index contributed by atoms with van der Waals surface area (Å²) in [6.45, 7) is 6.97. The van der Waals surface area contributed by atoms with E-state index in [4.69, 9.17) is 9.47 Å². The van der Waals surface area contributed by atoms with Gasteiger partial charge in [0.15, 0.2) is 18.1 Å². The van der Waals surface area contributed by atoms with Crippen molar-refractivity contribution >= 4 is 46.5 Å². The van der Waals surface area contributed by atoms with Gasteiger partial charge in [0.2, 0.25) is 5.91 Å². The van der Waals surface area contributed by atoms with Crippen LogP contribution in [0.2, 0.25) is 0 Å². The van der Waals surface area contributed by atoms with Gasteiger partial charge in [0.25, 0.3) is 17.1 Å². The average Bonchev–Trinajstić information content (AvgIpc) is 3.51. The summed E-state index contributed by atoms with van der Waals surface area (Å²) in [7, 11) is 0. The fraction of sp³-hybridized carbons (Fsp3) is 0.357. The van der Waals surface area contributed by atoms with Gasteiger partial charge >= 0.3 is 0 Å². The summed E-state index contributed by atoms with van der Waals surface area (Å²) in [4.78, 5) is 53.1. The Balaban J connectivity index is 1.41. The summed E-state index contributed by atoms with van der Waals surface area (Å²) in [6.07, 6.45) is 3.46. The number of hydrogen-bond donors (Lipinski definition) is 1. The highest BCUT2D eigenvalue weighted by atomic mass is 32.2. The quantitative estimate of drug-likeness (QED) is 0.474. The van der Waals surface area contributed by atoms with Gasteiger partial charge in [0, 0.05) is 18.8 Å². The Morgan fingerprint density at radius 3 is 2.50 bits per heavy atom. The number of hydrogen-bond acceptors (Lipinski definition) is 7. The highest BCUT2D eigenvalue weighted by Crippen LogP contribution is 2.35. The Morgan fingerprint density at radius 2 is 1.79 bits per heavy atom. The zero-order valence-corrected chi connectivity index (χ0v) is 22.6. The number of anilines is 1. The normalized spacial score (nSPS) is 16.3. The van der Waals surface area contributed by atoms with Gasteiger partial charge in [-0.25, -0.2) is 0 Å². The number of amides is 4. The minimum atomic E-state index is -0.492. The maximum Gasteiger partial charge on any atom is 0.294 e. The summed E-state index contributed by atoms with van der Waals surface area (Å²) < 4.78 is 11.4. The molecule has 2 aromatic carbocycles. The molecule has 2 saturated heterocycles. The van der Waals surface area contributed by atoms with Crippen molar-refractivity contribution in [3.05, 3.63) is 58.0 Å². The van der Waals surface area contributed by atoms with Gasteiger partial charge in [-0.2, -0.15) is 0 Å². The van der Waals surface area contributed by atoms with Crippen molar-refractivity contribution in [3.63, 3.8) is 0 Å². The van der Waals surface area contributed by atoms with Crippen LogP contribution >= 0.6 is 11.8 Å². The molecule has 0 radical (unpaired) electrons. The number of benzene rings is 2. The third-order valence-corrected chi connectivity index (χ3v) is 7.11. The van der Waals surface area contributed by atoms with E-state index in [1.54, 1.807) is 29.2 Å². The van der Waals surface area contributed by atoms with Crippen LogP contribution in [0.4, 0.5) is 10.5 Å². The maximum atomic E-state index is 12.9. The number of imide groups is 1. The molecule has 4 amide bonds. The second-order valence-electron chi connectivity index (χ2n) is 9.15. The summed E-state index contributed by atoms with van der Waals surface area (Å²) in [5.41, 5.74) is 3.42. The maximum absolute atomic E-state index is 12.9.